The Labute approximate surface area is 140 Å². The third kappa shape index (κ3) is 3.72. The van der Waals surface area contributed by atoms with Gasteiger partial charge < -0.3 is 4.74 Å². The van der Waals surface area contributed by atoms with E-state index in [1.165, 1.54) is 36.7 Å². The molecule has 5 nitrogen and oxygen atoms in total. The summed E-state index contributed by atoms with van der Waals surface area (Å²) in [5, 5.41) is 9.06. The van der Waals surface area contributed by atoms with Gasteiger partial charge in [0.25, 0.3) is 0 Å². The molecule has 0 bridgehead atoms. The van der Waals surface area contributed by atoms with Crippen molar-refractivity contribution in [2.75, 3.05) is 0 Å². The normalized spacial score (nSPS) is 11.0. The molecule has 0 fully saturated rings. The first-order chi connectivity index (χ1) is 12.0. The zero-order chi connectivity index (χ0) is 17.9. The summed E-state index contributed by atoms with van der Waals surface area (Å²) in [5.74, 6) is -0.351. The van der Waals surface area contributed by atoms with E-state index in [-0.39, 0.29) is 23.0 Å². The predicted molar refractivity (Wildman–Crippen MR) is 81.5 cm³/mol. The molecule has 2 aromatic heterocycles. The second-order valence-corrected chi connectivity index (χ2v) is 4.86. The molecule has 0 amide bonds. The SMILES string of the molecule is N#Cc1ccccc1Oc1cc(C(F)(F)F)nc(-c2ccncc2)n1. The van der Waals surface area contributed by atoms with Crippen LogP contribution in [-0.4, -0.2) is 15.0 Å². The van der Waals surface area contributed by atoms with Crippen LogP contribution in [0.4, 0.5) is 13.2 Å². The van der Waals surface area contributed by atoms with Gasteiger partial charge in [0.15, 0.2) is 11.5 Å². The maximum Gasteiger partial charge on any atom is 0.433 e. The molecule has 0 aliphatic carbocycles. The van der Waals surface area contributed by atoms with E-state index in [2.05, 4.69) is 15.0 Å². The molecule has 0 spiro atoms. The Balaban J connectivity index is 2.09. The molecular formula is C17H9F3N4O. The topological polar surface area (TPSA) is 71.7 Å². The Morgan fingerprint density at radius 3 is 2.40 bits per heavy atom. The van der Waals surface area contributed by atoms with Crippen LogP contribution in [0, 0.1) is 11.3 Å². The number of para-hydroxylation sites is 1. The third-order valence-corrected chi connectivity index (χ3v) is 3.15. The van der Waals surface area contributed by atoms with Gasteiger partial charge in [0.05, 0.1) is 5.56 Å². The molecule has 2 heterocycles. The van der Waals surface area contributed by atoms with Crippen molar-refractivity contribution in [1.82, 2.24) is 15.0 Å². The average Bonchev–Trinajstić information content (AvgIpc) is 2.62. The molecule has 0 atom stereocenters. The first kappa shape index (κ1) is 16.4. The quantitative estimate of drug-likeness (QED) is 0.712. The van der Waals surface area contributed by atoms with Gasteiger partial charge >= 0.3 is 6.18 Å². The van der Waals surface area contributed by atoms with Crippen molar-refractivity contribution < 1.29 is 17.9 Å². The fourth-order valence-electron chi connectivity index (χ4n) is 2.01. The Kier molecular flexibility index (Phi) is 4.31. The highest BCUT2D eigenvalue weighted by molar-refractivity contribution is 5.55. The zero-order valence-electron chi connectivity index (χ0n) is 12.5. The van der Waals surface area contributed by atoms with Crippen molar-refractivity contribution in [3.63, 3.8) is 0 Å². The molecule has 0 radical (unpaired) electrons. The summed E-state index contributed by atoms with van der Waals surface area (Å²) in [7, 11) is 0. The smallest absolute Gasteiger partial charge is 0.433 e. The number of hydrogen-bond donors (Lipinski definition) is 0. The molecule has 3 rings (SSSR count). The Morgan fingerprint density at radius 2 is 1.72 bits per heavy atom. The maximum absolute atomic E-state index is 13.1. The van der Waals surface area contributed by atoms with E-state index >= 15 is 0 Å². The lowest BCUT2D eigenvalue weighted by molar-refractivity contribution is -0.141. The first-order valence-electron chi connectivity index (χ1n) is 7.01. The van der Waals surface area contributed by atoms with Gasteiger partial charge in [0, 0.05) is 24.0 Å². The molecule has 25 heavy (non-hydrogen) atoms. The van der Waals surface area contributed by atoms with E-state index in [4.69, 9.17) is 10.00 Å². The summed E-state index contributed by atoms with van der Waals surface area (Å²) in [6.45, 7) is 0. The molecule has 8 heteroatoms. The molecule has 124 valence electrons. The average molecular weight is 342 g/mol. The maximum atomic E-state index is 13.1. The predicted octanol–water partition coefficient (Wildman–Crippen LogP) is 4.22. The lowest BCUT2D eigenvalue weighted by Crippen LogP contribution is -2.10. The lowest BCUT2D eigenvalue weighted by atomic mass is 10.2. The minimum atomic E-state index is -4.67. The fourth-order valence-corrected chi connectivity index (χ4v) is 2.01. The van der Waals surface area contributed by atoms with Gasteiger partial charge in [-0.1, -0.05) is 12.1 Å². The summed E-state index contributed by atoms with van der Waals surface area (Å²) in [4.78, 5) is 11.4. The van der Waals surface area contributed by atoms with Crippen molar-refractivity contribution >= 4 is 0 Å². The van der Waals surface area contributed by atoms with Crippen LogP contribution in [0.1, 0.15) is 11.3 Å². The number of hydrogen-bond acceptors (Lipinski definition) is 5. The standard InChI is InChI=1S/C17H9F3N4O/c18-17(19,20)14-9-15(25-13-4-2-1-3-12(13)10-21)24-16(23-14)11-5-7-22-8-6-11/h1-9H. The largest absolute Gasteiger partial charge is 0.438 e. The molecule has 0 aliphatic heterocycles. The van der Waals surface area contributed by atoms with Crippen LogP contribution in [0.15, 0.2) is 54.9 Å². The number of benzene rings is 1. The third-order valence-electron chi connectivity index (χ3n) is 3.15. The summed E-state index contributed by atoms with van der Waals surface area (Å²) in [6, 6.07) is 11.8. The summed E-state index contributed by atoms with van der Waals surface area (Å²) in [6.07, 6.45) is -1.83. The minimum absolute atomic E-state index is 0.109. The monoisotopic (exact) mass is 342 g/mol. The van der Waals surface area contributed by atoms with E-state index in [1.807, 2.05) is 6.07 Å². The number of aromatic nitrogens is 3. The van der Waals surface area contributed by atoms with Gasteiger partial charge in [-0.15, -0.1) is 0 Å². The van der Waals surface area contributed by atoms with Gasteiger partial charge in [0.2, 0.25) is 5.88 Å². The molecule has 3 aromatic rings. The minimum Gasteiger partial charge on any atom is -0.438 e. The van der Waals surface area contributed by atoms with Crippen LogP contribution in [0.2, 0.25) is 0 Å². The molecule has 0 unspecified atom stereocenters. The van der Waals surface area contributed by atoms with E-state index in [0.29, 0.717) is 11.6 Å². The molecule has 1 aromatic carbocycles. The number of nitriles is 1. The van der Waals surface area contributed by atoms with Gasteiger partial charge in [-0.25, -0.2) is 4.98 Å². The van der Waals surface area contributed by atoms with Crippen molar-refractivity contribution in [3.8, 4) is 29.1 Å². The lowest BCUT2D eigenvalue weighted by Gasteiger charge is -2.11. The second-order valence-electron chi connectivity index (χ2n) is 4.86. The van der Waals surface area contributed by atoms with Crippen molar-refractivity contribution in [3.05, 3.63) is 66.1 Å². The number of nitrogens with zero attached hydrogens (tertiary/aromatic N) is 4. The van der Waals surface area contributed by atoms with E-state index < -0.39 is 11.9 Å². The highest BCUT2D eigenvalue weighted by atomic mass is 19.4. The number of alkyl halides is 3. The molecule has 0 saturated carbocycles. The van der Waals surface area contributed by atoms with E-state index in [1.54, 1.807) is 12.1 Å². The summed E-state index contributed by atoms with van der Waals surface area (Å²) >= 11 is 0. The van der Waals surface area contributed by atoms with Crippen molar-refractivity contribution in [1.29, 1.82) is 5.26 Å². The number of rotatable bonds is 3. The number of pyridine rings is 1. The Hall–Kier alpha value is -3.47. The van der Waals surface area contributed by atoms with Crippen LogP contribution in [0.3, 0.4) is 0 Å². The van der Waals surface area contributed by atoms with Crippen molar-refractivity contribution in [2.24, 2.45) is 0 Å². The van der Waals surface area contributed by atoms with Gasteiger partial charge in [-0.05, 0) is 24.3 Å². The van der Waals surface area contributed by atoms with Gasteiger partial charge in [0.1, 0.15) is 11.8 Å². The number of ether oxygens (including phenoxy) is 1. The van der Waals surface area contributed by atoms with E-state index in [9.17, 15) is 13.2 Å². The highest BCUT2D eigenvalue weighted by Gasteiger charge is 2.34. The van der Waals surface area contributed by atoms with Gasteiger partial charge in [-0.3, -0.25) is 4.98 Å². The van der Waals surface area contributed by atoms with Crippen LogP contribution in [-0.2, 0) is 6.18 Å². The fraction of sp³-hybridized carbons (Fsp3) is 0.0588. The van der Waals surface area contributed by atoms with Crippen LogP contribution < -0.4 is 4.74 Å². The van der Waals surface area contributed by atoms with Crippen molar-refractivity contribution in [2.45, 2.75) is 6.18 Å². The van der Waals surface area contributed by atoms with Crippen LogP contribution in [0.25, 0.3) is 11.4 Å². The summed E-state index contributed by atoms with van der Waals surface area (Å²) < 4.78 is 44.8. The van der Waals surface area contributed by atoms with Gasteiger partial charge in [-0.2, -0.15) is 23.4 Å². The Bertz CT molecular complexity index is 937. The number of halogens is 3. The highest BCUT2D eigenvalue weighted by Crippen LogP contribution is 2.33. The first-order valence-corrected chi connectivity index (χ1v) is 7.01. The molecule has 0 saturated heterocycles. The molecular weight excluding hydrogens is 333 g/mol. The molecule has 0 aliphatic rings. The Morgan fingerprint density at radius 1 is 1.00 bits per heavy atom. The zero-order valence-corrected chi connectivity index (χ0v) is 12.5. The van der Waals surface area contributed by atoms with E-state index in [0.717, 1.165) is 0 Å². The second kappa shape index (κ2) is 6.57. The molecule has 0 N–H and O–H groups in total. The van der Waals surface area contributed by atoms with Crippen LogP contribution >= 0.6 is 0 Å². The van der Waals surface area contributed by atoms with Crippen LogP contribution in [0.5, 0.6) is 11.6 Å². The summed E-state index contributed by atoms with van der Waals surface area (Å²) in [5.41, 5.74) is -0.599.